The summed E-state index contributed by atoms with van der Waals surface area (Å²) in [7, 11) is 0. The van der Waals surface area contributed by atoms with Gasteiger partial charge in [0.05, 0.1) is 0 Å². The largest absolute Gasteiger partial charge is 0.371 e. The van der Waals surface area contributed by atoms with Crippen molar-refractivity contribution in [2.24, 2.45) is 0 Å². The Kier molecular flexibility index (Phi) is 3.90. The summed E-state index contributed by atoms with van der Waals surface area (Å²) in [5, 5.41) is 8.50. The molecule has 0 saturated carbocycles. The van der Waals surface area contributed by atoms with Crippen molar-refractivity contribution < 1.29 is 0 Å². The number of piperidine rings is 1. The Morgan fingerprint density at radius 2 is 2.19 bits per heavy atom. The minimum absolute atomic E-state index is 0.411. The first kappa shape index (κ1) is 14.0. The summed E-state index contributed by atoms with van der Waals surface area (Å²) in [5.41, 5.74) is 2.34. The van der Waals surface area contributed by atoms with E-state index in [0.717, 1.165) is 24.6 Å². The van der Waals surface area contributed by atoms with E-state index < -0.39 is 0 Å². The molecular weight excluding hydrogens is 262 g/mol. The Bertz CT molecular complexity index is 604. The normalized spacial score (nSPS) is 19.2. The van der Waals surface area contributed by atoms with Crippen molar-refractivity contribution in [1.82, 2.24) is 19.7 Å². The topological polar surface area (TPSA) is 46.8 Å². The zero-order valence-electron chi connectivity index (χ0n) is 13.0. The number of aromatic nitrogens is 4. The van der Waals surface area contributed by atoms with Gasteiger partial charge in [0.15, 0.2) is 0 Å². The molecule has 2 aromatic heterocycles. The van der Waals surface area contributed by atoms with Crippen LogP contribution in [0, 0.1) is 6.92 Å². The molecule has 0 bridgehead atoms. The van der Waals surface area contributed by atoms with Gasteiger partial charge in [-0.15, -0.1) is 10.2 Å². The van der Waals surface area contributed by atoms with Gasteiger partial charge in [-0.05, 0) is 45.7 Å². The zero-order chi connectivity index (χ0) is 14.8. The lowest BCUT2D eigenvalue weighted by Crippen LogP contribution is -2.35. The summed E-state index contributed by atoms with van der Waals surface area (Å²) < 4.78 is 2.20. The van der Waals surface area contributed by atoms with Gasteiger partial charge >= 0.3 is 0 Å². The van der Waals surface area contributed by atoms with Crippen molar-refractivity contribution in [2.75, 3.05) is 18.0 Å². The Hall–Kier alpha value is -1.91. The lowest BCUT2D eigenvalue weighted by Gasteiger charge is -2.34. The lowest BCUT2D eigenvalue weighted by atomic mass is 9.96. The Labute approximate surface area is 126 Å². The first-order valence-electron chi connectivity index (χ1n) is 7.72. The third-order valence-corrected chi connectivity index (χ3v) is 4.19. The fraction of sp³-hybridized carbons (Fsp3) is 0.562. The molecule has 0 aromatic carbocycles. The van der Waals surface area contributed by atoms with Crippen LogP contribution < -0.4 is 4.90 Å². The molecule has 0 spiro atoms. The van der Waals surface area contributed by atoms with Gasteiger partial charge in [-0.3, -0.25) is 4.98 Å². The van der Waals surface area contributed by atoms with Gasteiger partial charge in [0.1, 0.15) is 12.2 Å². The molecule has 1 unspecified atom stereocenters. The highest BCUT2D eigenvalue weighted by atomic mass is 15.3. The minimum Gasteiger partial charge on any atom is -0.371 e. The first-order valence-corrected chi connectivity index (χ1v) is 7.72. The van der Waals surface area contributed by atoms with Crippen molar-refractivity contribution in [3.63, 3.8) is 0 Å². The molecule has 3 heterocycles. The van der Waals surface area contributed by atoms with Crippen LogP contribution in [0.5, 0.6) is 0 Å². The second-order valence-electron chi connectivity index (χ2n) is 6.13. The molecule has 5 heteroatoms. The van der Waals surface area contributed by atoms with Crippen molar-refractivity contribution in [3.05, 3.63) is 36.2 Å². The van der Waals surface area contributed by atoms with Gasteiger partial charge in [0.2, 0.25) is 0 Å². The number of hydrogen-bond acceptors (Lipinski definition) is 4. The Balaban J connectivity index is 1.81. The molecular formula is C16H23N5. The molecule has 1 atom stereocenters. The van der Waals surface area contributed by atoms with Crippen LogP contribution in [-0.2, 0) is 0 Å². The van der Waals surface area contributed by atoms with Gasteiger partial charge in [-0.2, -0.15) is 0 Å². The van der Waals surface area contributed by atoms with E-state index in [1.807, 2.05) is 19.4 Å². The van der Waals surface area contributed by atoms with Gasteiger partial charge < -0.3 is 9.47 Å². The van der Waals surface area contributed by atoms with Crippen LogP contribution in [0.2, 0.25) is 0 Å². The average molecular weight is 285 g/mol. The highest BCUT2D eigenvalue weighted by molar-refractivity contribution is 5.47. The summed E-state index contributed by atoms with van der Waals surface area (Å²) in [6.45, 7) is 8.52. The molecule has 5 nitrogen and oxygen atoms in total. The summed E-state index contributed by atoms with van der Waals surface area (Å²) >= 11 is 0. The van der Waals surface area contributed by atoms with Crippen molar-refractivity contribution in [2.45, 2.75) is 45.6 Å². The molecule has 1 aliphatic rings. The fourth-order valence-electron chi connectivity index (χ4n) is 3.09. The van der Waals surface area contributed by atoms with E-state index >= 15 is 0 Å². The van der Waals surface area contributed by atoms with Crippen LogP contribution in [0.25, 0.3) is 0 Å². The predicted molar refractivity (Wildman–Crippen MR) is 83.6 cm³/mol. The second-order valence-corrected chi connectivity index (χ2v) is 6.13. The molecule has 0 amide bonds. The average Bonchev–Trinajstić information content (AvgIpc) is 2.97. The van der Waals surface area contributed by atoms with Crippen LogP contribution in [-0.4, -0.2) is 32.8 Å². The van der Waals surface area contributed by atoms with Crippen LogP contribution in [0.3, 0.4) is 0 Å². The monoisotopic (exact) mass is 285 g/mol. The van der Waals surface area contributed by atoms with Crippen LogP contribution in [0.15, 0.2) is 24.7 Å². The molecule has 2 aromatic rings. The minimum atomic E-state index is 0.411. The van der Waals surface area contributed by atoms with Crippen molar-refractivity contribution in [1.29, 1.82) is 0 Å². The zero-order valence-corrected chi connectivity index (χ0v) is 13.0. The number of pyridine rings is 1. The smallest absolute Gasteiger partial charge is 0.137 e. The molecule has 1 fully saturated rings. The predicted octanol–water partition coefficient (Wildman–Crippen LogP) is 2.95. The van der Waals surface area contributed by atoms with E-state index in [1.165, 1.54) is 18.5 Å². The van der Waals surface area contributed by atoms with E-state index in [0.29, 0.717) is 12.0 Å². The molecule has 0 N–H and O–H groups in total. The van der Waals surface area contributed by atoms with Gasteiger partial charge in [0, 0.05) is 42.6 Å². The van der Waals surface area contributed by atoms with Gasteiger partial charge in [-0.25, -0.2) is 0 Å². The van der Waals surface area contributed by atoms with Crippen LogP contribution >= 0.6 is 0 Å². The molecule has 0 radical (unpaired) electrons. The number of nitrogens with zero attached hydrogens (tertiary/aromatic N) is 5. The fourth-order valence-corrected chi connectivity index (χ4v) is 3.09. The third-order valence-electron chi connectivity index (χ3n) is 4.19. The maximum atomic E-state index is 4.38. The molecule has 0 aliphatic carbocycles. The highest BCUT2D eigenvalue weighted by Crippen LogP contribution is 2.29. The molecule has 1 aliphatic heterocycles. The van der Waals surface area contributed by atoms with E-state index in [9.17, 15) is 0 Å². The van der Waals surface area contributed by atoms with Gasteiger partial charge in [0.25, 0.3) is 0 Å². The second kappa shape index (κ2) is 5.84. The van der Waals surface area contributed by atoms with Crippen LogP contribution in [0.4, 0.5) is 5.69 Å². The van der Waals surface area contributed by atoms with Gasteiger partial charge in [-0.1, -0.05) is 0 Å². The summed E-state index contributed by atoms with van der Waals surface area (Å²) in [4.78, 5) is 6.73. The molecule has 112 valence electrons. The van der Waals surface area contributed by atoms with Crippen LogP contribution in [0.1, 0.15) is 50.2 Å². The summed E-state index contributed by atoms with van der Waals surface area (Å²) in [5.74, 6) is 1.58. The number of hydrogen-bond donors (Lipinski definition) is 0. The first-order chi connectivity index (χ1) is 10.1. The van der Waals surface area contributed by atoms with E-state index in [4.69, 9.17) is 0 Å². The Morgan fingerprint density at radius 3 is 2.95 bits per heavy atom. The van der Waals surface area contributed by atoms with E-state index in [1.54, 1.807) is 0 Å². The SMILES string of the molecule is Cc1cc(N2CCCC(c3nncn3C(C)C)C2)ccn1. The number of rotatable bonds is 3. The molecule has 21 heavy (non-hydrogen) atoms. The van der Waals surface area contributed by atoms with Crippen molar-refractivity contribution in [3.8, 4) is 0 Å². The van der Waals surface area contributed by atoms with E-state index in [-0.39, 0.29) is 0 Å². The quantitative estimate of drug-likeness (QED) is 0.870. The van der Waals surface area contributed by atoms with E-state index in [2.05, 4.69) is 50.6 Å². The Morgan fingerprint density at radius 1 is 1.33 bits per heavy atom. The highest BCUT2D eigenvalue weighted by Gasteiger charge is 2.26. The molecule has 3 rings (SSSR count). The number of aryl methyl sites for hydroxylation is 1. The lowest BCUT2D eigenvalue weighted by molar-refractivity contribution is 0.454. The maximum Gasteiger partial charge on any atom is 0.137 e. The maximum absolute atomic E-state index is 4.38. The third kappa shape index (κ3) is 2.91. The molecule has 1 saturated heterocycles. The summed E-state index contributed by atoms with van der Waals surface area (Å²) in [6.07, 6.45) is 6.13. The standard InChI is InChI=1S/C16H23N5/c1-12(2)21-11-18-19-16(21)14-5-4-8-20(10-14)15-6-7-17-13(3)9-15/h6-7,9,11-12,14H,4-5,8,10H2,1-3H3. The van der Waals surface area contributed by atoms with Crippen molar-refractivity contribution >= 4 is 5.69 Å². The number of anilines is 1. The summed E-state index contributed by atoms with van der Waals surface area (Å²) in [6, 6.07) is 4.67.